The van der Waals surface area contributed by atoms with Gasteiger partial charge in [0, 0.05) is 42.0 Å². The highest BCUT2D eigenvalue weighted by atomic mass is 32.2. The van der Waals surface area contributed by atoms with Crippen molar-refractivity contribution in [3.63, 3.8) is 0 Å². The third-order valence-corrected chi connectivity index (χ3v) is 8.42. The van der Waals surface area contributed by atoms with E-state index in [1.54, 1.807) is 18.0 Å². The van der Waals surface area contributed by atoms with Gasteiger partial charge >= 0.3 is 0 Å². The van der Waals surface area contributed by atoms with E-state index in [0.717, 1.165) is 69.5 Å². The van der Waals surface area contributed by atoms with Crippen molar-refractivity contribution in [2.75, 3.05) is 37.8 Å². The molecule has 1 aromatic heterocycles. The number of likely N-dealkylation sites (tertiary alicyclic amines) is 2. The zero-order chi connectivity index (χ0) is 22.8. The number of hydrogen-bond acceptors (Lipinski definition) is 5. The highest BCUT2D eigenvalue weighted by Crippen LogP contribution is 2.59. The van der Waals surface area contributed by atoms with E-state index in [1.165, 1.54) is 4.90 Å². The molecule has 174 valence electrons. The lowest BCUT2D eigenvalue weighted by atomic mass is 9.90. The molecule has 2 atom stereocenters. The number of amides is 2. The summed E-state index contributed by atoms with van der Waals surface area (Å²) in [6, 6.07) is 11.7. The molecule has 1 aromatic carbocycles. The van der Waals surface area contributed by atoms with Crippen LogP contribution < -0.4 is 5.32 Å². The molecule has 2 amide bonds. The second-order valence-corrected chi connectivity index (χ2v) is 10.5. The number of pyridine rings is 1. The molecular formula is C26H32N4O2S. The lowest BCUT2D eigenvalue weighted by Crippen LogP contribution is -2.46. The Morgan fingerprint density at radius 1 is 1.09 bits per heavy atom. The van der Waals surface area contributed by atoms with Crippen LogP contribution in [0.25, 0.3) is 0 Å². The first-order valence-electron chi connectivity index (χ1n) is 12.0. The molecule has 0 unspecified atom stereocenters. The average molecular weight is 465 g/mol. The Bertz CT molecular complexity index is 983. The maximum atomic E-state index is 13.6. The molecular weight excluding hydrogens is 432 g/mol. The summed E-state index contributed by atoms with van der Waals surface area (Å²) < 4.78 is 0. The Kier molecular flexibility index (Phi) is 6.43. The number of aromatic nitrogens is 1. The molecule has 1 saturated carbocycles. The third-order valence-electron chi connectivity index (χ3n) is 7.67. The van der Waals surface area contributed by atoms with Crippen LogP contribution in [0.5, 0.6) is 0 Å². The molecule has 2 saturated heterocycles. The molecule has 3 fully saturated rings. The van der Waals surface area contributed by atoms with E-state index in [4.69, 9.17) is 0 Å². The molecule has 3 heterocycles. The lowest BCUT2D eigenvalue weighted by Gasteiger charge is -2.37. The Hall–Kier alpha value is -2.38. The fourth-order valence-corrected chi connectivity index (χ4v) is 5.98. The zero-order valence-electron chi connectivity index (χ0n) is 19.2. The summed E-state index contributed by atoms with van der Waals surface area (Å²) in [5, 5.41) is 3.10. The summed E-state index contributed by atoms with van der Waals surface area (Å²) in [4.78, 5) is 36.3. The molecule has 2 aromatic rings. The second-order valence-electron chi connectivity index (χ2n) is 9.59. The Morgan fingerprint density at radius 3 is 2.45 bits per heavy atom. The van der Waals surface area contributed by atoms with Gasteiger partial charge in [-0.3, -0.25) is 19.5 Å². The summed E-state index contributed by atoms with van der Waals surface area (Å²) in [6.45, 7) is 3.39. The maximum absolute atomic E-state index is 13.6. The highest BCUT2D eigenvalue weighted by molar-refractivity contribution is 7.98. The van der Waals surface area contributed by atoms with Gasteiger partial charge in [-0.1, -0.05) is 6.07 Å². The van der Waals surface area contributed by atoms with Crippen LogP contribution in [-0.2, 0) is 9.59 Å². The van der Waals surface area contributed by atoms with Gasteiger partial charge in [0.2, 0.25) is 11.8 Å². The topological polar surface area (TPSA) is 65.5 Å². The van der Waals surface area contributed by atoms with Crippen molar-refractivity contribution >= 4 is 29.3 Å². The van der Waals surface area contributed by atoms with E-state index in [9.17, 15) is 9.59 Å². The van der Waals surface area contributed by atoms with Crippen molar-refractivity contribution in [1.29, 1.82) is 0 Å². The van der Waals surface area contributed by atoms with Crippen LogP contribution in [0.2, 0.25) is 0 Å². The fourth-order valence-electron chi connectivity index (χ4n) is 5.57. The van der Waals surface area contributed by atoms with Crippen molar-refractivity contribution in [2.45, 2.75) is 43.0 Å². The number of piperidine rings is 1. The van der Waals surface area contributed by atoms with Crippen LogP contribution in [0.15, 0.2) is 53.7 Å². The lowest BCUT2D eigenvalue weighted by molar-refractivity contribution is -0.138. The van der Waals surface area contributed by atoms with Gasteiger partial charge in [0.15, 0.2) is 0 Å². The first kappa shape index (κ1) is 22.4. The number of carbonyl (C=O) groups is 2. The average Bonchev–Trinajstić information content (AvgIpc) is 3.28. The maximum Gasteiger partial charge on any atom is 0.244 e. The standard InChI is InChI=1S/C26H32N4O2S/c1-33-21-8-6-20(7-9-21)28-24(31)22-17-26(22)10-15-30(16-11-26)25(32)23(29-13-2-3-14-29)19-5-4-12-27-18-19/h4-9,12,18,22-23H,2-3,10-11,13-17H2,1H3,(H,28,31)/t22-,23-/m1/s1. The fraction of sp³-hybridized carbons (Fsp3) is 0.500. The van der Waals surface area contributed by atoms with E-state index in [2.05, 4.69) is 15.2 Å². The number of carbonyl (C=O) groups excluding carboxylic acids is 2. The highest BCUT2D eigenvalue weighted by Gasteiger charge is 2.59. The molecule has 6 nitrogen and oxygen atoms in total. The van der Waals surface area contributed by atoms with E-state index in [-0.39, 0.29) is 29.2 Å². The molecule has 1 N–H and O–H groups in total. The van der Waals surface area contributed by atoms with Crippen LogP contribution in [0.1, 0.15) is 43.7 Å². The van der Waals surface area contributed by atoms with Crippen LogP contribution in [-0.4, -0.2) is 59.0 Å². The largest absolute Gasteiger partial charge is 0.341 e. The molecule has 5 rings (SSSR count). The molecule has 1 spiro atoms. The molecule has 0 bridgehead atoms. The van der Waals surface area contributed by atoms with Crippen LogP contribution in [0, 0.1) is 11.3 Å². The molecule has 0 radical (unpaired) electrons. The van der Waals surface area contributed by atoms with Gasteiger partial charge in [-0.25, -0.2) is 0 Å². The molecule has 33 heavy (non-hydrogen) atoms. The van der Waals surface area contributed by atoms with E-state index in [1.807, 2.05) is 53.8 Å². The van der Waals surface area contributed by atoms with Crippen molar-refractivity contribution in [2.24, 2.45) is 11.3 Å². The number of hydrogen-bond donors (Lipinski definition) is 1. The number of anilines is 1. The Morgan fingerprint density at radius 2 is 1.82 bits per heavy atom. The third kappa shape index (κ3) is 4.66. The normalized spacial score (nSPS) is 22.8. The number of benzene rings is 1. The van der Waals surface area contributed by atoms with Crippen LogP contribution in [0.4, 0.5) is 5.69 Å². The van der Waals surface area contributed by atoms with Crippen molar-refractivity contribution in [1.82, 2.24) is 14.8 Å². The van der Waals surface area contributed by atoms with Gasteiger partial charge in [0.25, 0.3) is 0 Å². The van der Waals surface area contributed by atoms with Crippen molar-refractivity contribution in [3.05, 3.63) is 54.4 Å². The zero-order valence-corrected chi connectivity index (χ0v) is 20.0. The monoisotopic (exact) mass is 464 g/mol. The van der Waals surface area contributed by atoms with Gasteiger partial charge in [-0.15, -0.1) is 11.8 Å². The van der Waals surface area contributed by atoms with Gasteiger partial charge in [-0.2, -0.15) is 0 Å². The molecule has 2 aliphatic heterocycles. The van der Waals surface area contributed by atoms with E-state index in [0.29, 0.717) is 0 Å². The summed E-state index contributed by atoms with van der Waals surface area (Å²) in [7, 11) is 0. The number of nitrogens with one attached hydrogen (secondary N) is 1. The SMILES string of the molecule is CSc1ccc(NC(=O)[C@H]2CC23CCN(C(=O)[C@@H](c2cccnc2)N2CCCC2)CC3)cc1. The minimum Gasteiger partial charge on any atom is -0.341 e. The van der Waals surface area contributed by atoms with Gasteiger partial charge < -0.3 is 10.2 Å². The first-order valence-corrected chi connectivity index (χ1v) is 13.2. The smallest absolute Gasteiger partial charge is 0.244 e. The Balaban J connectivity index is 1.19. The summed E-state index contributed by atoms with van der Waals surface area (Å²) in [5.41, 5.74) is 1.91. The quantitative estimate of drug-likeness (QED) is 0.649. The summed E-state index contributed by atoms with van der Waals surface area (Å²) in [6.07, 6.45) is 10.7. The van der Waals surface area contributed by atoms with Crippen LogP contribution >= 0.6 is 11.8 Å². The van der Waals surface area contributed by atoms with Crippen molar-refractivity contribution < 1.29 is 9.59 Å². The minimum absolute atomic E-state index is 0.0580. The van der Waals surface area contributed by atoms with Crippen LogP contribution in [0.3, 0.4) is 0 Å². The Labute approximate surface area is 200 Å². The summed E-state index contributed by atoms with van der Waals surface area (Å²) >= 11 is 1.69. The van der Waals surface area contributed by atoms with Gasteiger partial charge in [0.1, 0.15) is 6.04 Å². The predicted octanol–water partition coefficient (Wildman–Crippen LogP) is 4.21. The van der Waals surface area contributed by atoms with E-state index < -0.39 is 0 Å². The number of thioether (sulfide) groups is 1. The predicted molar refractivity (Wildman–Crippen MR) is 131 cm³/mol. The first-order chi connectivity index (χ1) is 16.1. The van der Waals surface area contributed by atoms with Crippen molar-refractivity contribution in [3.8, 4) is 0 Å². The van der Waals surface area contributed by atoms with Gasteiger partial charge in [0.05, 0.1) is 0 Å². The molecule has 3 aliphatic rings. The van der Waals surface area contributed by atoms with Gasteiger partial charge in [-0.05, 0) is 92.8 Å². The number of rotatable bonds is 6. The second kappa shape index (κ2) is 9.47. The van der Waals surface area contributed by atoms with E-state index >= 15 is 0 Å². The molecule has 7 heteroatoms. The molecule has 1 aliphatic carbocycles. The summed E-state index contributed by atoms with van der Waals surface area (Å²) in [5.74, 6) is 0.370. The minimum atomic E-state index is -0.238. The number of nitrogens with zero attached hydrogens (tertiary/aromatic N) is 3.